The van der Waals surface area contributed by atoms with Gasteiger partial charge in [-0.25, -0.2) is 0 Å². The molecule has 15 heavy (non-hydrogen) atoms. The van der Waals surface area contributed by atoms with Crippen LogP contribution in [0.15, 0.2) is 30.3 Å². The Labute approximate surface area is 94.1 Å². The summed E-state index contributed by atoms with van der Waals surface area (Å²) in [6.45, 7) is 0.415. The average Bonchev–Trinajstić information content (AvgIpc) is 2.31. The lowest BCUT2D eigenvalue weighted by Crippen LogP contribution is -2.30. The van der Waals surface area contributed by atoms with Crippen LogP contribution < -0.4 is 5.32 Å². The van der Waals surface area contributed by atoms with Crippen molar-refractivity contribution in [2.75, 3.05) is 19.0 Å². The number of carbonyl (C=O) groups is 1. The van der Waals surface area contributed by atoms with Gasteiger partial charge in [-0.3, -0.25) is 4.79 Å². The maximum atomic E-state index is 10.9. The molecule has 1 aromatic carbocycles. The first kappa shape index (κ1) is 12.0. The van der Waals surface area contributed by atoms with Gasteiger partial charge in [-0.1, -0.05) is 30.3 Å². The zero-order chi connectivity index (χ0) is 11.1. The Bertz CT molecular complexity index is 303. The number of hydrogen-bond acceptors (Lipinski definition) is 2. The van der Waals surface area contributed by atoms with Crippen LogP contribution in [-0.2, 0) is 4.79 Å². The fourth-order valence-electron chi connectivity index (χ4n) is 1.30. The van der Waals surface area contributed by atoms with E-state index in [1.807, 2.05) is 30.3 Å². The maximum Gasteiger partial charge on any atom is 0.234 e. The van der Waals surface area contributed by atoms with Gasteiger partial charge in [0.05, 0.1) is 6.61 Å². The lowest BCUT2D eigenvalue weighted by molar-refractivity contribution is -0.118. The molecule has 0 aliphatic rings. The molecule has 0 aliphatic carbocycles. The molecule has 0 spiro atoms. The first-order valence-corrected chi connectivity index (χ1v) is 5.30. The Hall–Kier alpha value is -1.06. The molecule has 0 unspecified atom stereocenters. The summed E-state index contributed by atoms with van der Waals surface area (Å²) in [6, 6.07) is 9.57. The first-order chi connectivity index (χ1) is 7.27. The summed E-state index contributed by atoms with van der Waals surface area (Å²) in [5, 5.41) is 11.8. The molecule has 82 valence electrons. The van der Waals surface area contributed by atoms with Gasteiger partial charge in [0.2, 0.25) is 5.91 Å². The van der Waals surface area contributed by atoms with E-state index in [2.05, 4.69) is 5.32 Å². The van der Waals surface area contributed by atoms with E-state index < -0.39 is 0 Å². The molecule has 2 N–H and O–H groups in total. The topological polar surface area (TPSA) is 49.3 Å². The van der Waals surface area contributed by atoms with Crippen molar-refractivity contribution in [1.29, 1.82) is 0 Å². The number of halogens is 1. The van der Waals surface area contributed by atoms with Crippen molar-refractivity contribution in [2.24, 2.45) is 0 Å². The zero-order valence-corrected chi connectivity index (χ0v) is 9.07. The van der Waals surface area contributed by atoms with Gasteiger partial charge in [-0.15, -0.1) is 11.6 Å². The van der Waals surface area contributed by atoms with E-state index >= 15 is 0 Å². The SMILES string of the molecule is O=C(CCl)NC[C@@H](CO)c1ccccc1. The normalized spacial score (nSPS) is 12.1. The van der Waals surface area contributed by atoms with E-state index in [9.17, 15) is 9.90 Å². The fraction of sp³-hybridized carbons (Fsp3) is 0.364. The quantitative estimate of drug-likeness (QED) is 0.741. The molecule has 0 saturated carbocycles. The second kappa shape index (κ2) is 6.43. The fourth-order valence-corrected chi connectivity index (χ4v) is 1.39. The summed E-state index contributed by atoms with van der Waals surface area (Å²) in [4.78, 5) is 10.9. The van der Waals surface area contributed by atoms with Crippen LogP contribution in [0.2, 0.25) is 0 Å². The third kappa shape index (κ3) is 3.90. The van der Waals surface area contributed by atoms with Gasteiger partial charge in [0.15, 0.2) is 0 Å². The molecule has 4 heteroatoms. The van der Waals surface area contributed by atoms with E-state index in [4.69, 9.17) is 11.6 Å². The Morgan fingerprint density at radius 1 is 1.40 bits per heavy atom. The predicted molar refractivity (Wildman–Crippen MR) is 60.0 cm³/mol. The Kier molecular flexibility index (Phi) is 5.15. The lowest BCUT2D eigenvalue weighted by Gasteiger charge is -2.14. The second-order valence-electron chi connectivity index (χ2n) is 3.23. The van der Waals surface area contributed by atoms with Gasteiger partial charge in [0, 0.05) is 12.5 Å². The zero-order valence-electron chi connectivity index (χ0n) is 8.32. The van der Waals surface area contributed by atoms with Crippen LogP contribution >= 0.6 is 11.6 Å². The van der Waals surface area contributed by atoms with Crippen LogP contribution in [0.3, 0.4) is 0 Å². The molecular formula is C11H14ClNO2. The van der Waals surface area contributed by atoms with Gasteiger partial charge >= 0.3 is 0 Å². The summed E-state index contributed by atoms with van der Waals surface area (Å²) in [5.41, 5.74) is 1.01. The van der Waals surface area contributed by atoms with Crippen molar-refractivity contribution >= 4 is 17.5 Å². The van der Waals surface area contributed by atoms with Gasteiger partial charge in [0.1, 0.15) is 5.88 Å². The monoisotopic (exact) mass is 227 g/mol. The van der Waals surface area contributed by atoms with Crippen LogP contribution in [-0.4, -0.2) is 30.0 Å². The number of nitrogens with one attached hydrogen (secondary N) is 1. The highest BCUT2D eigenvalue weighted by atomic mass is 35.5. The van der Waals surface area contributed by atoms with Crippen molar-refractivity contribution in [3.63, 3.8) is 0 Å². The molecule has 1 amide bonds. The lowest BCUT2D eigenvalue weighted by atomic mass is 10.0. The molecule has 0 radical (unpaired) electrons. The Morgan fingerprint density at radius 2 is 2.07 bits per heavy atom. The minimum absolute atomic E-state index is 0.00653. The molecule has 0 aliphatic heterocycles. The first-order valence-electron chi connectivity index (χ1n) is 4.76. The average molecular weight is 228 g/mol. The Balaban J connectivity index is 2.53. The molecule has 1 rings (SSSR count). The van der Waals surface area contributed by atoms with Crippen LogP contribution in [0.25, 0.3) is 0 Å². The summed E-state index contributed by atoms with van der Waals surface area (Å²) < 4.78 is 0. The van der Waals surface area contributed by atoms with Crippen LogP contribution in [0.1, 0.15) is 11.5 Å². The Morgan fingerprint density at radius 3 is 2.60 bits per heavy atom. The number of amides is 1. The van der Waals surface area contributed by atoms with Crippen molar-refractivity contribution in [2.45, 2.75) is 5.92 Å². The third-order valence-corrected chi connectivity index (χ3v) is 2.40. The van der Waals surface area contributed by atoms with Crippen LogP contribution in [0.4, 0.5) is 0 Å². The molecule has 0 bridgehead atoms. The standard InChI is InChI=1S/C11H14ClNO2/c12-6-11(15)13-7-10(8-14)9-4-2-1-3-5-9/h1-5,10,14H,6-8H2,(H,13,15)/t10-/m0/s1. The number of benzene rings is 1. The number of hydrogen-bond donors (Lipinski definition) is 2. The summed E-state index contributed by atoms with van der Waals surface area (Å²) >= 11 is 5.35. The molecular weight excluding hydrogens is 214 g/mol. The molecule has 1 aromatic rings. The predicted octanol–water partition coefficient (Wildman–Crippen LogP) is 1.12. The highest BCUT2D eigenvalue weighted by Crippen LogP contribution is 2.13. The molecule has 1 atom stereocenters. The van der Waals surface area contributed by atoms with Crippen LogP contribution in [0.5, 0.6) is 0 Å². The number of rotatable bonds is 5. The van der Waals surface area contributed by atoms with E-state index in [0.29, 0.717) is 6.54 Å². The van der Waals surface area contributed by atoms with E-state index in [1.54, 1.807) is 0 Å². The minimum Gasteiger partial charge on any atom is -0.396 e. The smallest absolute Gasteiger partial charge is 0.234 e. The molecule has 0 saturated heterocycles. The summed E-state index contributed by atoms with van der Waals surface area (Å²) in [5.74, 6) is -0.336. The minimum atomic E-state index is -0.217. The van der Waals surface area contributed by atoms with Crippen molar-refractivity contribution < 1.29 is 9.90 Å². The second-order valence-corrected chi connectivity index (χ2v) is 3.50. The number of carbonyl (C=O) groups excluding carboxylic acids is 1. The summed E-state index contributed by atoms with van der Waals surface area (Å²) in [6.07, 6.45) is 0. The van der Waals surface area contributed by atoms with Gasteiger partial charge in [-0.05, 0) is 5.56 Å². The van der Waals surface area contributed by atoms with Crippen LogP contribution in [0, 0.1) is 0 Å². The molecule has 0 fully saturated rings. The van der Waals surface area contributed by atoms with E-state index in [-0.39, 0.29) is 24.3 Å². The highest BCUT2D eigenvalue weighted by Gasteiger charge is 2.10. The number of aliphatic hydroxyl groups excluding tert-OH is 1. The number of aliphatic hydroxyl groups is 1. The molecule has 0 aromatic heterocycles. The molecule has 3 nitrogen and oxygen atoms in total. The van der Waals surface area contributed by atoms with Crippen molar-refractivity contribution in [1.82, 2.24) is 5.32 Å². The third-order valence-electron chi connectivity index (χ3n) is 2.16. The largest absolute Gasteiger partial charge is 0.396 e. The van der Waals surface area contributed by atoms with Gasteiger partial charge in [-0.2, -0.15) is 0 Å². The van der Waals surface area contributed by atoms with E-state index in [0.717, 1.165) is 5.56 Å². The van der Waals surface area contributed by atoms with E-state index in [1.165, 1.54) is 0 Å². The number of alkyl halides is 1. The van der Waals surface area contributed by atoms with Gasteiger partial charge < -0.3 is 10.4 Å². The highest BCUT2D eigenvalue weighted by molar-refractivity contribution is 6.27. The van der Waals surface area contributed by atoms with Crippen molar-refractivity contribution in [3.05, 3.63) is 35.9 Å². The molecule has 0 heterocycles. The summed E-state index contributed by atoms with van der Waals surface area (Å²) in [7, 11) is 0. The van der Waals surface area contributed by atoms with Crippen molar-refractivity contribution in [3.8, 4) is 0 Å². The van der Waals surface area contributed by atoms with Gasteiger partial charge in [0.25, 0.3) is 0 Å². The maximum absolute atomic E-state index is 10.9.